The Kier molecular flexibility index (Phi) is 4.56. The molecule has 0 atom stereocenters. The molecular weight excluding hydrogens is 285 g/mol. The van der Waals surface area contributed by atoms with E-state index in [1.165, 1.54) is 0 Å². The van der Waals surface area contributed by atoms with E-state index >= 15 is 0 Å². The van der Waals surface area contributed by atoms with E-state index in [-0.39, 0.29) is 5.56 Å². The zero-order chi connectivity index (χ0) is 14.7. The first kappa shape index (κ1) is 15.5. The summed E-state index contributed by atoms with van der Waals surface area (Å²) in [4.78, 5) is 10.3. The Morgan fingerprint density at radius 2 is 1.68 bits per heavy atom. The average Bonchev–Trinajstić information content (AvgIpc) is 2.25. The molecule has 0 unspecified atom stereocenters. The first-order valence-corrected chi connectivity index (χ1v) is 7.01. The quantitative estimate of drug-likeness (QED) is 0.903. The lowest BCUT2D eigenvalue weighted by Gasteiger charge is -2.07. The number of rotatable bonds is 5. The molecule has 0 aliphatic heterocycles. The van der Waals surface area contributed by atoms with Crippen molar-refractivity contribution < 1.29 is 31.5 Å². The van der Waals surface area contributed by atoms with E-state index in [1.54, 1.807) is 0 Å². The van der Waals surface area contributed by atoms with Gasteiger partial charge >= 0.3 is 12.1 Å². The lowest BCUT2D eigenvalue weighted by molar-refractivity contribution is -0.138. The van der Waals surface area contributed by atoms with Crippen LogP contribution in [0.25, 0.3) is 0 Å². The van der Waals surface area contributed by atoms with Crippen LogP contribution in [0, 0.1) is 0 Å². The molecule has 0 amide bonds. The summed E-state index contributed by atoms with van der Waals surface area (Å²) in [6, 6.07) is 3.73. The van der Waals surface area contributed by atoms with Crippen LogP contribution in [-0.4, -0.2) is 25.2 Å². The fraction of sp³-hybridized carbons (Fsp3) is 0.364. The van der Waals surface area contributed by atoms with Gasteiger partial charge in [0.05, 0.1) is 23.5 Å². The molecule has 0 aliphatic carbocycles. The molecule has 0 radical (unpaired) electrons. The molecule has 1 rings (SSSR count). The molecule has 0 aromatic heterocycles. The molecule has 1 aromatic rings. The van der Waals surface area contributed by atoms with Gasteiger partial charge in [-0.1, -0.05) is 12.1 Å². The summed E-state index contributed by atoms with van der Waals surface area (Å²) in [6.45, 7) is 0. The number of alkyl halides is 3. The van der Waals surface area contributed by atoms with Gasteiger partial charge in [0.2, 0.25) is 0 Å². The van der Waals surface area contributed by atoms with Gasteiger partial charge in [-0.15, -0.1) is 0 Å². The van der Waals surface area contributed by atoms with Crippen molar-refractivity contribution in [3.8, 4) is 0 Å². The van der Waals surface area contributed by atoms with E-state index < -0.39 is 45.5 Å². The van der Waals surface area contributed by atoms with Gasteiger partial charge in [-0.05, 0) is 17.7 Å². The number of carboxylic acids is 1. The Hall–Kier alpha value is -1.57. The zero-order valence-corrected chi connectivity index (χ0v) is 10.5. The number of hydrogen-bond donors (Lipinski definition) is 1. The van der Waals surface area contributed by atoms with Crippen molar-refractivity contribution in [3.05, 3.63) is 35.4 Å². The second-order valence-electron chi connectivity index (χ2n) is 3.93. The fourth-order valence-corrected chi connectivity index (χ4v) is 2.69. The molecule has 106 valence electrons. The van der Waals surface area contributed by atoms with Crippen LogP contribution in [0.1, 0.15) is 17.5 Å². The van der Waals surface area contributed by atoms with Gasteiger partial charge in [-0.3, -0.25) is 4.79 Å². The monoisotopic (exact) mass is 296 g/mol. The van der Waals surface area contributed by atoms with Gasteiger partial charge in [0.1, 0.15) is 0 Å². The number of hydrogen-bond acceptors (Lipinski definition) is 3. The van der Waals surface area contributed by atoms with E-state index in [1.807, 2.05) is 0 Å². The molecule has 0 bridgehead atoms. The topological polar surface area (TPSA) is 71.4 Å². The Morgan fingerprint density at radius 3 is 2.11 bits per heavy atom. The van der Waals surface area contributed by atoms with Crippen molar-refractivity contribution in [2.45, 2.75) is 18.3 Å². The van der Waals surface area contributed by atoms with Crippen LogP contribution in [0.15, 0.2) is 24.3 Å². The Balaban J connectivity index is 2.75. The Labute approximate surface area is 107 Å². The van der Waals surface area contributed by atoms with E-state index in [0.29, 0.717) is 0 Å². The lowest BCUT2D eigenvalue weighted by Crippen LogP contribution is -2.13. The molecule has 0 spiro atoms. The third-order valence-corrected chi connectivity index (χ3v) is 3.89. The average molecular weight is 296 g/mol. The van der Waals surface area contributed by atoms with E-state index in [2.05, 4.69) is 0 Å². The van der Waals surface area contributed by atoms with Crippen molar-refractivity contribution in [1.29, 1.82) is 0 Å². The summed E-state index contributed by atoms with van der Waals surface area (Å²) in [7, 11) is -3.64. The maximum atomic E-state index is 12.3. The van der Waals surface area contributed by atoms with E-state index in [4.69, 9.17) is 5.11 Å². The van der Waals surface area contributed by atoms with Crippen molar-refractivity contribution in [1.82, 2.24) is 0 Å². The minimum absolute atomic E-state index is 0.193. The van der Waals surface area contributed by atoms with Crippen LogP contribution < -0.4 is 0 Å². The molecule has 0 saturated heterocycles. The smallest absolute Gasteiger partial charge is 0.416 e. The number of aliphatic carboxylic acids is 1. The minimum atomic E-state index is -4.47. The van der Waals surface area contributed by atoms with Crippen LogP contribution >= 0.6 is 0 Å². The first-order valence-electron chi connectivity index (χ1n) is 5.18. The summed E-state index contributed by atoms with van der Waals surface area (Å²) >= 11 is 0. The van der Waals surface area contributed by atoms with Crippen LogP contribution in [0.3, 0.4) is 0 Å². The highest BCUT2D eigenvalue weighted by Gasteiger charge is 2.30. The second-order valence-corrected chi connectivity index (χ2v) is 6.11. The third-order valence-electron chi connectivity index (χ3n) is 2.29. The highest BCUT2D eigenvalue weighted by Crippen LogP contribution is 2.29. The molecular formula is C11H11F3O4S. The van der Waals surface area contributed by atoms with Gasteiger partial charge in [0, 0.05) is 0 Å². The number of halogens is 3. The van der Waals surface area contributed by atoms with Crippen molar-refractivity contribution in [2.75, 3.05) is 5.75 Å². The summed E-state index contributed by atoms with van der Waals surface area (Å²) in [5, 5.41) is 8.38. The van der Waals surface area contributed by atoms with Gasteiger partial charge in [-0.2, -0.15) is 13.2 Å². The van der Waals surface area contributed by atoms with Crippen molar-refractivity contribution in [3.63, 3.8) is 0 Å². The van der Waals surface area contributed by atoms with Gasteiger partial charge in [0.15, 0.2) is 9.84 Å². The highest BCUT2D eigenvalue weighted by atomic mass is 32.2. The molecule has 1 N–H and O–H groups in total. The first-order chi connectivity index (χ1) is 8.60. The molecule has 8 heteroatoms. The van der Waals surface area contributed by atoms with Gasteiger partial charge in [0.25, 0.3) is 0 Å². The van der Waals surface area contributed by atoms with Gasteiger partial charge < -0.3 is 5.11 Å². The maximum absolute atomic E-state index is 12.3. The van der Waals surface area contributed by atoms with E-state index in [0.717, 1.165) is 24.3 Å². The summed E-state index contributed by atoms with van der Waals surface area (Å²) in [5.41, 5.74) is -0.669. The lowest BCUT2D eigenvalue weighted by atomic mass is 10.1. The van der Waals surface area contributed by atoms with Gasteiger partial charge in [-0.25, -0.2) is 8.42 Å². The Bertz CT molecular complexity index is 546. The summed E-state index contributed by atoms with van der Waals surface area (Å²) in [6.07, 6.45) is -5.00. The second kappa shape index (κ2) is 5.60. The van der Waals surface area contributed by atoms with E-state index in [9.17, 15) is 26.4 Å². The maximum Gasteiger partial charge on any atom is 0.416 e. The Morgan fingerprint density at radius 1 is 1.16 bits per heavy atom. The number of carbonyl (C=O) groups is 1. The molecule has 0 saturated carbocycles. The van der Waals surface area contributed by atoms with Crippen LogP contribution in [0.5, 0.6) is 0 Å². The van der Waals surface area contributed by atoms with Crippen molar-refractivity contribution in [2.24, 2.45) is 0 Å². The minimum Gasteiger partial charge on any atom is -0.481 e. The molecule has 19 heavy (non-hydrogen) atoms. The third kappa shape index (κ3) is 5.29. The molecule has 4 nitrogen and oxygen atoms in total. The predicted octanol–water partition coefficient (Wildman–Crippen LogP) is 2.09. The van der Waals surface area contributed by atoms with Crippen LogP contribution in [0.4, 0.5) is 13.2 Å². The summed E-state index contributed by atoms with van der Waals surface area (Å²) in [5.74, 6) is -2.25. The highest BCUT2D eigenvalue weighted by molar-refractivity contribution is 7.90. The normalized spacial score (nSPS) is 12.4. The number of sulfone groups is 1. The van der Waals surface area contributed by atoms with Crippen LogP contribution in [0.2, 0.25) is 0 Å². The molecule has 0 fully saturated rings. The standard InChI is InChI=1S/C11H11F3O4S/c12-11(13,14)9-3-1-8(2-4-9)7-19(17,18)6-5-10(15)16/h1-4H,5-7H2,(H,15,16). The van der Waals surface area contributed by atoms with Crippen molar-refractivity contribution >= 4 is 15.8 Å². The molecule has 0 heterocycles. The molecule has 0 aliphatic rings. The zero-order valence-electron chi connectivity index (χ0n) is 9.64. The SMILES string of the molecule is O=C(O)CCS(=O)(=O)Cc1ccc(C(F)(F)F)cc1. The largest absolute Gasteiger partial charge is 0.481 e. The van der Waals surface area contributed by atoms with Crippen LogP contribution in [-0.2, 0) is 26.6 Å². The number of carboxylic acid groups (broad SMARTS) is 1. The summed E-state index contributed by atoms with van der Waals surface area (Å²) < 4.78 is 59.9. The number of benzene rings is 1. The molecule has 1 aromatic carbocycles. The predicted molar refractivity (Wildman–Crippen MR) is 61.2 cm³/mol. The fourth-order valence-electron chi connectivity index (χ4n) is 1.36.